The normalized spacial score (nSPS) is 19.1. The van der Waals surface area contributed by atoms with Crippen molar-refractivity contribution < 1.29 is 13.2 Å². The summed E-state index contributed by atoms with van der Waals surface area (Å²) in [6, 6.07) is 5.55. The van der Waals surface area contributed by atoms with Gasteiger partial charge in [-0.15, -0.1) is 0 Å². The molecule has 0 bridgehead atoms. The average Bonchev–Trinajstić information content (AvgIpc) is 2.40. The van der Waals surface area contributed by atoms with Crippen LogP contribution >= 0.6 is 0 Å². The van der Waals surface area contributed by atoms with Crippen LogP contribution in [-0.2, 0) is 14.8 Å². The lowest BCUT2D eigenvalue weighted by Crippen LogP contribution is -2.47. The lowest BCUT2D eigenvalue weighted by molar-refractivity contribution is -0.122. The van der Waals surface area contributed by atoms with E-state index in [-0.39, 0.29) is 35.5 Å². The third kappa shape index (κ3) is 3.07. The molecule has 1 aromatic rings. The van der Waals surface area contributed by atoms with E-state index in [1.54, 1.807) is 0 Å². The van der Waals surface area contributed by atoms with E-state index in [1.165, 1.54) is 18.2 Å². The SMILES string of the molecule is N#Cc1ccc(S(=O)(=O)NC2CCC(=O)NC2)c(N)c1. The molecule has 1 atom stereocenters. The molecule has 106 valence electrons. The highest BCUT2D eigenvalue weighted by Crippen LogP contribution is 2.20. The van der Waals surface area contributed by atoms with Crippen LogP contribution in [0.25, 0.3) is 0 Å². The highest BCUT2D eigenvalue weighted by molar-refractivity contribution is 7.89. The van der Waals surface area contributed by atoms with Crippen LogP contribution in [0.4, 0.5) is 5.69 Å². The van der Waals surface area contributed by atoms with E-state index in [9.17, 15) is 13.2 Å². The van der Waals surface area contributed by atoms with Gasteiger partial charge in [-0.2, -0.15) is 5.26 Å². The first-order chi connectivity index (χ1) is 9.42. The lowest BCUT2D eigenvalue weighted by Gasteiger charge is -2.23. The molecular formula is C12H14N4O3S. The molecule has 7 nitrogen and oxygen atoms in total. The predicted molar refractivity (Wildman–Crippen MR) is 71.9 cm³/mol. The fourth-order valence-corrected chi connectivity index (χ4v) is 3.36. The number of nitrogens with zero attached hydrogens (tertiary/aromatic N) is 1. The second kappa shape index (κ2) is 5.48. The predicted octanol–water partition coefficient (Wildman–Crippen LogP) is -0.303. The first-order valence-electron chi connectivity index (χ1n) is 6.01. The smallest absolute Gasteiger partial charge is 0.242 e. The summed E-state index contributed by atoms with van der Waals surface area (Å²) < 4.78 is 26.9. The van der Waals surface area contributed by atoms with Gasteiger partial charge in [0.1, 0.15) is 4.90 Å². The fourth-order valence-electron chi connectivity index (χ4n) is 1.98. The van der Waals surface area contributed by atoms with Crippen LogP contribution in [0.5, 0.6) is 0 Å². The number of nitrogens with two attached hydrogens (primary N) is 1. The number of anilines is 1. The number of nitrogen functional groups attached to an aromatic ring is 1. The summed E-state index contributed by atoms with van der Waals surface area (Å²) in [5, 5.41) is 11.3. The average molecular weight is 294 g/mol. The van der Waals surface area contributed by atoms with Crippen LogP contribution in [0.15, 0.2) is 23.1 Å². The number of carbonyl (C=O) groups is 1. The maximum Gasteiger partial charge on any atom is 0.242 e. The first kappa shape index (κ1) is 14.3. The third-order valence-electron chi connectivity index (χ3n) is 3.02. The van der Waals surface area contributed by atoms with Crippen molar-refractivity contribution in [3.8, 4) is 6.07 Å². The third-order valence-corrected chi connectivity index (χ3v) is 4.61. The number of benzene rings is 1. The number of rotatable bonds is 3. The molecule has 1 aromatic carbocycles. The zero-order valence-corrected chi connectivity index (χ0v) is 11.4. The number of piperidine rings is 1. The van der Waals surface area contributed by atoms with Crippen molar-refractivity contribution in [2.75, 3.05) is 12.3 Å². The molecule has 1 fully saturated rings. The van der Waals surface area contributed by atoms with Crippen molar-refractivity contribution in [1.29, 1.82) is 5.26 Å². The maximum atomic E-state index is 12.2. The molecule has 20 heavy (non-hydrogen) atoms. The summed E-state index contributed by atoms with van der Waals surface area (Å²) in [5.74, 6) is -0.0849. The first-order valence-corrected chi connectivity index (χ1v) is 7.49. The summed E-state index contributed by atoms with van der Waals surface area (Å²) in [7, 11) is -3.77. The van der Waals surface area contributed by atoms with Crippen LogP contribution in [0.2, 0.25) is 0 Å². The second-order valence-corrected chi connectivity index (χ2v) is 6.21. The number of amides is 1. The molecule has 1 heterocycles. The number of nitriles is 1. The highest BCUT2D eigenvalue weighted by atomic mass is 32.2. The van der Waals surface area contributed by atoms with Crippen LogP contribution in [0.1, 0.15) is 18.4 Å². The highest BCUT2D eigenvalue weighted by Gasteiger charge is 2.25. The van der Waals surface area contributed by atoms with E-state index in [0.29, 0.717) is 12.0 Å². The second-order valence-electron chi connectivity index (χ2n) is 4.53. The zero-order valence-electron chi connectivity index (χ0n) is 10.6. The van der Waals surface area contributed by atoms with Gasteiger partial charge in [0, 0.05) is 19.0 Å². The zero-order chi connectivity index (χ0) is 14.8. The number of sulfonamides is 1. The Bertz CT molecular complexity index is 668. The molecular weight excluding hydrogens is 280 g/mol. The van der Waals surface area contributed by atoms with Gasteiger partial charge in [-0.1, -0.05) is 0 Å². The molecule has 0 aromatic heterocycles. The minimum absolute atomic E-state index is 0.0244. The van der Waals surface area contributed by atoms with Crippen LogP contribution in [-0.4, -0.2) is 26.9 Å². The van der Waals surface area contributed by atoms with Gasteiger partial charge >= 0.3 is 0 Å². The van der Waals surface area contributed by atoms with E-state index in [0.717, 1.165) is 0 Å². The summed E-state index contributed by atoms with van der Waals surface area (Å²) in [4.78, 5) is 11.0. The van der Waals surface area contributed by atoms with E-state index in [2.05, 4.69) is 10.0 Å². The Morgan fingerprint density at radius 2 is 2.20 bits per heavy atom. The standard InChI is InChI=1S/C12H14N4O3S/c13-6-8-1-3-11(10(14)5-8)20(18,19)16-9-2-4-12(17)15-7-9/h1,3,5,9,16H,2,4,7,14H2,(H,15,17). The maximum absolute atomic E-state index is 12.2. The van der Waals surface area contributed by atoms with Gasteiger partial charge in [-0.05, 0) is 24.6 Å². The van der Waals surface area contributed by atoms with Gasteiger partial charge in [-0.3, -0.25) is 4.79 Å². The molecule has 8 heteroatoms. The van der Waals surface area contributed by atoms with Gasteiger partial charge in [0.25, 0.3) is 0 Å². The van der Waals surface area contributed by atoms with Crippen molar-refractivity contribution in [2.24, 2.45) is 0 Å². The van der Waals surface area contributed by atoms with E-state index in [4.69, 9.17) is 11.0 Å². The van der Waals surface area contributed by atoms with Crippen LogP contribution in [0, 0.1) is 11.3 Å². The van der Waals surface area contributed by atoms with Gasteiger partial charge in [0.05, 0.1) is 17.3 Å². The molecule has 1 unspecified atom stereocenters. The van der Waals surface area contributed by atoms with E-state index in [1.807, 2.05) is 6.07 Å². The summed E-state index contributed by atoms with van der Waals surface area (Å²) in [6.07, 6.45) is 0.733. The molecule has 0 radical (unpaired) electrons. The van der Waals surface area contributed by atoms with Gasteiger partial charge in [-0.25, -0.2) is 13.1 Å². The van der Waals surface area contributed by atoms with Gasteiger partial charge in [0.15, 0.2) is 0 Å². The number of nitrogens with one attached hydrogen (secondary N) is 2. The Morgan fingerprint density at radius 3 is 2.75 bits per heavy atom. The van der Waals surface area contributed by atoms with Crippen molar-refractivity contribution in [3.05, 3.63) is 23.8 Å². The molecule has 1 saturated heterocycles. The molecule has 1 aliphatic heterocycles. The fraction of sp³-hybridized carbons (Fsp3) is 0.333. The van der Waals surface area contributed by atoms with E-state index < -0.39 is 10.0 Å². The minimum atomic E-state index is -3.77. The minimum Gasteiger partial charge on any atom is -0.398 e. The number of hydrogen-bond donors (Lipinski definition) is 3. The summed E-state index contributed by atoms with van der Waals surface area (Å²) >= 11 is 0. The molecule has 0 spiro atoms. The Hall–Kier alpha value is -2.11. The quantitative estimate of drug-likeness (QED) is 0.660. The lowest BCUT2D eigenvalue weighted by atomic mass is 10.1. The summed E-state index contributed by atoms with van der Waals surface area (Å²) in [5.41, 5.74) is 5.99. The monoisotopic (exact) mass is 294 g/mol. The van der Waals surface area contributed by atoms with Gasteiger partial charge in [0.2, 0.25) is 15.9 Å². The topological polar surface area (TPSA) is 125 Å². The van der Waals surface area contributed by atoms with Crippen molar-refractivity contribution >= 4 is 21.6 Å². The van der Waals surface area contributed by atoms with Crippen molar-refractivity contribution in [3.63, 3.8) is 0 Å². The Balaban J connectivity index is 2.18. The van der Waals surface area contributed by atoms with Crippen LogP contribution in [0.3, 0.4) is 0 Å². The molecule has 0 aliphatic carbocycles. The largest absolute Gasteiger partial charge is 0.398 e. The number of carbonyl (C=O) groups excluding carboxylic acids is 1. The molecule has 0 saturated carbocycles. The van der Waals surface area contributed by atoms with Gasteiger partial charge < -0.3 is 11.1 Å². The summed E-state index contributed by atoms with van der Waals surface area (Å²) in [6.45, 7) is 0.258. The van der Waals surface area contributed by atoms with E-state index >= 15 is 0 Å². The molecule has 4 N–H and O–H groups in total. The Morgan fingerprint density at radius 1 is 1.45 bits per heavy atom. The Kier molecular flexibility index (Phi) is 3.92. The van der Waals surface area contributed by atoms with Crippen molar-refractivity contribution in [2.45, 2.75) is 23.8 Å². The van der Waals surface area contributed by atoms with Crippen molar-refractivity contribution in [1.82, 2.24) is 10.0 Å². The molecule has 1 aliphatic rings. The molecule has 1 amide bonds. The van der Waals surface area contributed by atoms with Crippen LogP contribution < -0.4 is 15.8 Å². The molecule has 2 rings (SSSR count). The number of hydrogen-bond acceptors (Lipinski definition) is 5. The Labute approximate surface area is 116 Å².